The van der Waals surface area contributed by atoms with Crippen LogP contribution < -0.4 is 9.64 Å². The fourth-order valence-corrected chi connectivity index (χ4v) is 1.97. The Balaban J connectivity index is 2.17. The van der Waals surface area contributed by atoms with E-state index in [0.29, 0.717) is 17.0 Å². The lowest BCUT2D eigenvalue weighted by Crippen LogP contribution is -2.28. The Labute approximate surface area is 102 Å². The second kappa shape index (κ2) is 3.69. The van der Waals surface area contributed by atoms with E-state index in [9.17, 15) is 9.59 Å². The van der Waals surface area contributed by atoms with Gasteiger partial charge in [0.15, 0.2) is 0 Å². The van der Waals surface area contributed by atoms with Crippen LogP contribution in [0.2, 0.25) is 0 Å². The number of hydrogen-bond donors (Lipinski definition) is 0. The molecule has 0 saturated heterocycles. The van der Waals surface area contributed by atoms with E-state index in [1.54, 1.807) is 18.2 Å². The van der Waals surface area contributed by atoms with Crippen LogP contribution in [0.25, 0.3) is 0 Å². The van der Waals surface area contributed by atoms with Gasteiger partial charge in [-0.3, -0.25) is 9.59 Å². The number of amides is 2. The summed E-state index contributed by atoms with van der Waals surface area (Å²) >= 11 is 0. The van der Waals surface area contributed by atoms with Crippen LogP contribution in [0.15, 0.2) is 35.2 Å². The smallest absolute Gasteiger partial charge is 0.270 e. The summed E-state index contributed by atoms with van der Waals surface area (Å²) in [5.41, 5.74) is 0.898. The molecule has 0 unspecified atom stereocenters. The number of nitrogens with zero attached hydrogens (tertiary/aromatic N) is 2. The highest BCUT2D eigenvalue weighted by molar-refractivity contribution is 6.35. The number of imide groups is 1. The lowest BCUT2D eigenvalue weighted by Gasteiger charge is -2.09. The van der Waals surface area contributed by atoms with Crippen molar-refractivity contribution in [3.63, 3.8) is 0 Å². The minimum Gasteiger partial charge on any atom is -0.496 e. The van der Waals surface area contributed by atoms with Gasteiger partial charge < -0.3 is 9.26 Å². The molecule has 0 spiro atoms. The molecule has 1 aliphatic heterocycles. The van der Waals surface area contributed by atoms with Gasteiger partial charge in [-0.05, 0) is 12.1 Å². The maximum Gasteiger partial charge on any atom is 0.270 e. The average Bonchev–Trinajstić information content (AvgIpc) is 2.98. The normalized spacial score (nSPS) is 13.9. The molecule has 0 radical (unpaired) electrons. The van der Waals surface area contributed by atoms with Crippen LogP contribution >= 0.6 is 0 Å². The van der Waals surface area contributed by atoms with Gasteiger partial charge in [0.2, 0.25) is 0 Å². The van der Waals surface area contributed by atoms with Gasteiger partial charge in [0.25, 0.3) is 11.8 Å². The van der Waals surface area contributed by atoms with E-state index in [4.69, 9.17) is 4.74 Å². The first-order valence-corrected chi connectivity index (χ1v) is 5.19. The SMILES string of the molecule is COc1cccc2c1C(=O)N(c1cnoc1)C2=O. The Morgan fingerprint density at radius 1 is 1.28 bits per heavy atom. The molecule has 3 rings (SSSR count). The molecule has 18 heavy (non-hydrogen) atoms. The van der Waals surface area contributed by atoms with Crippen LogP contribution in [0, 0.1) is 0 Å². The molecule has 0 saturated carbocycles. The van der Waals surface area contributed by atoms with Gasteiger partial charge in [0.1, 0.15) is 17.7 Å². The Morgan fingerprint density at radius 3 is 2.78 bits per heavy atom. The molecule has 2 heterocycles. The van der Waals surface area contributed by atoms with Crippen LogP contribution in [0.4, 0.5) is 5.69 Å². The zero-order valence-corrected chi connectivity index (χ0v) is 9.41. The highest BCUT2D eigenvalue weighted by Crippen LogP contribution is 2.33. The molecule has 0 atom stereocenters. The monoisotopic (exact) mass is 244 g/mol. The van der Waals surface area contributed by atoms with Gasteiger partial charge >= 0.3 is 0 Å². The summed E-state index contributed by atoms with van der Waals surface area (Å²) in [6.45, 7) is 0. The zero-order chi connectivity index (χ0) is 12.7. The van der Waals surface area contributed by atoms with Gasteiger partial charge in [-0.25, -0.2) is 4.90 Å². The quantitative estimate of drug-likeness (QED) is 0.748. The average molecular weight is 244 g/mol. The minimum absolute atomic E-state index is 0.270. The van der Waals surface area contributed by atoms with Crippen molar-refractivity contribution in [3.05, 3.63) is 41.8 Å². The number of benzene rings is 1. The maximum atomic E-state index is 12.2. The number of fused-ring (bicyclic) bond motifs is 1. The molecule has 2 aromatic rings. The summed E-state index contributed by atoms with van der Waals surface area (Å²) in [6.07, 6.45) is 2.56. The summed E-state index contributed by atoms with van der Waals surface area (Å²) in [6, 6.07) is 4.90. The van der Waals surface area contributed by atoms with E-state index in [0.717, 1.165) is 4.90 Å². The van der Waals surface area contributed by atoms with E-state index in [1.165, 1.54) is 19.6 Å². The highest BCUT2D eigenvalue weighted by atomic mass is 16.5. The number of anilines is 1. The lowest BCUT2D eigenvalue weighted by molar-refractivity contribution is 0.0925. The first-order chi connectivity index (χ1) is 8.74. The zero-order valence-electron chi connectivity index (χ0n) is 9.41. The molecule has 0 N–H and O–H groups in total. The predicted molar refractivity (Wildman–Crippen MR) is 60.6 cm³/mol. The molecule has 6 heteroatoms. The third kappa shape index (κ3) is 1.26. The fourth-order valence-electron chi connectivity index (χ4n) is 1.97. The van der Waals surface area contributed by atoms with Gasteiger partial charge in [-0.1, -0.05) is 11.2 Å². The van der Waals surface area contributed by atoms with Crippen molar-refractivity contribution >= 4 is 17.5 Å². The summed E-state index contributed by atoms with van der Waals surface area (Å²) in [7, 11) is 1.45. The van der Waals surface area contributed by atoms with Crippen molar-refractivity contribution in [1.82, 2.24) is 5.16 Å². The van der Waals surface area contributed by atoms with E-state index in [1.807, 2.05) is 0 Å². The molecule has 0 aliphatic carbocycles. The van der Waals surface area contributed by atoms with Crippen molar-refractivity contribution in [2.75, 3.05) is 12.0 Å². The Morgan fingerprint density at radius 2 is 2.11 bits per heavy atom. The maximum absolute atomic E-state index is 12.2. The Kier molecular flexibility index (Phi) is 2.16. The molecule has 1 aromatic carbocycles. The Bertz CT molecular complexity index is 634. The standard InChI is InChI=1S/C12H8N2O4/c1-17-9-4-2-3-8-10(9)12(16)14(11(8)15)7-5-13-18-6-7/h2-6H,1H3. The van der Waals surface area contributed by atoms with Crippen LogP contribution in [-0.4, -0.2) is 24.1 Å². The summed E-state index contributed by atoms with van der Waals surface area (Å²) < 4.78 is 9.75. The minimum atomic E-state index is -0.435. The predicted octanol–water partition coefficient (Wildman–Crippen LogP) is 1.48. The Hall–Kier alpha value is -2.63. The van der Waals surface area contributed by atoms with Crippen molar-refractivity contribution in [1.29, 1.82) is 0 Å². The number of ether oxygens (including phenoxy) is 1. The van der Waals surface area contributed by atoms with Crippen LogP contribution in [0.1, 0.15) is 20.7 Å². The molecule has 0 fully saturated rings. The number of methoxy groups -OCH3 is 1. The first-order valence-electron chi connectivity index (χ1n) is 5.19. The van der Waals surface area contributed by atoms with E-state index < -0.39 is 11.8 Å². The van der Waals surface area contributed by atoms with Crippen LogP contribution in [0.3, 0.4) is 0 Å². The molecular formula is C12H8N2O4. The van der Waals surface area contributed by atoms with Crippen molar-refractivity contribution in [2.24, 2.45) is 0 Å². The molecular weight excluding hydrogens is 236 g/mol. The highest BCUT2D eigenvalue weighted by Gasteiger charge is 2.39. The fraction of sp³-hybridized carbons (Fsp3) is 0.0833. The molecule has 1 aromatic heterocycles. The topological polar surface area (TPSA) is 72.6 Å². The van der Waals surface area contributed by atoms with E-state index in [2.05, 4.69) is 9.68 Å². The summed E-state index contributed by atoms with van der Waals surface area (Å²) in [5, 5.41) is 3.49. The van der Waals surface area contributed by atoms with Gasteiger partial charge in [-0.2, -0.15) is 0 Å². The molecule has 6 nitrogen and oxygen atoms in total. The van der Waals surface area contributed by atoms with Gasteiger partial charge in [0.05, 0.1) is 24.4 Å². The summed E-state index contributed by atoms with van der Waals surface area (Å²) in [5.74, 6) is -0.461. The first kappa shape index (κ1) is 10.5. The molecule has 2 amide bonds. The third-order valence-electron chi connectivity index (χ3n) is 2.77. The van der Waals surface area contributed by atoms with E-state index in [-0.39, 0.29) is 5.56 Å². The van der Waals surface area contributed by atoms with Gasteiger partial charge in [0, 0.05) is 0 Å². The third-order valence-corrected chi connectivity index (χ3v) is 2.77. The van der Waals surface area contributed by atoms with Crippen molar-refractivity contribution in [3.8, 4) is 5.75 Å². The lowest BCUT2D eigenvalue weighted by atomic mass is 10.1. The number of carbonyl (C=O) groups is 2. The number of carbonyl (C=O) groups excluding carboxylic acids is 2. The molecule has 1 aliphatic rings. The molecule has 90 valence electrons. The van der Waals surface area contributed by atoms with Crippen molar-refractivity contribution < 1.29 is 18.8 Å². The van der Waals surface area contributed by atoms with E-state index >= 15 is 0 Å². The second-order valence-electron chi connectivity index (χ2n) is 3.71. The summed E-state index contributed by atoms with van der Waals surface area (Å²) in [4.78, 5) is 25.4. The van der Waals surface area contributed by atoms with Crippen LogP contribution in [-0.2, 0) is 0 Å². The number of rotatable bonds is 2. The largest absolute Gasteiger partial charge is 0.496 e. The number of aromatic nitrogens is 1. The van der Waals surface area contributed by atoms with Crippen molar-refractivity contribution in [2.45, 2.75) is 0 Å². The second-order valence-corrected chi connectivity index (χ2v) is 3.71. The van der Waals surface area contributed by atoms with Gasteiger partial charge in [-0.15, -0.1) is 0 Å². The van der Waals surface area contributed by atoms with Crippen LogP contribution in [0.5, 0.6) is 5.75 Å². The molecule has 0 bridgehead atoms. The number of hydrogen-bond acceptors (Lipinski definition) is 5.